The van der Waals surface area contributed by atoms with Crippen molar-refractivity contribution in [3.63, 3.8) is 0 Å². The molecule has 0 aliphatic carbocycles. The van der Waals surface area contributed by atoms with Crippen molar-refractivity contribution in [2.75, 3.05) is 5.73 Å². The number of nitrogen functional groups attached to an aromatic ring is 1. The molecule has 0 atom stereocenters. The maximum absolute atomic E-state index is 13.4. The van der Waals surface area contributed by atoms with Gasteiger partial charge >= 0.3 is 0 Å². The third kappa shape index (κ3) is 2.38. The average Bonchev–Trinajstić information content (AvgIpc) is 2.84. The summed E-state index contributed by atoms with van der Waals surface area (Å²) in [4.78, 5) is 3.84. The van der Waals surface area contributed by atoms with Gasteiger partial charge in [0.25, 0.3) is 0 Å². The van der Waals surface area contributed by atoms with Crippen molar-refractivity contribution in [1.29, 1.82) is 0 Å². The van der Waals surface area contributed by atoms with Gasteiger partial charge in [-0.25, -0.2) is 4.39 Å². The van der Waals surface area contributed by atoms with Crippen molar-refractivity contribution in [2.45, 2.75) is 13.8 Å². The van der Waals surface area contributed by atoms with Crippen LogP contribution < -0.4 is 5.73 Å². The molecule has 106 valence electrons. The predicted molar refractivity (Wildman–Crippen MR) is 79.0 cm³/mol. The minimum atomic E-state index is -0.430. The zero-order chi connectivity index (χ0) is 15.0. The van der Waals surface area contributed by atoms with Crippen LogP contribution in [0.25, 0.3) is 22.4 Å². The molecular weight excluding hydrogens is 269 g/mol. The van der Waals surface area contributed by atoms with Crippen LogP contribution >= 0.6 is 0 Å². The number of nitrogens with two attached hydrogens (primary N) is 1. The van der Waals surface area contributed by atoms with E-state index < -0.39 is 5.82 Å². The van der Waals surface area contributed by atoms with Gasteiger partial charge < -0.3 is 10.3 Å². The first-order chi connectivity index (χ1) is 10.1. The highest BCUT2D eigenvalue weighted by atomic mass is 19.1. The molecule has 0 spiro atoms. The summed E-state index contributed by atoms with van der Waals surface area (Å²) in [5, 5.41) is 3.95. The lowest BCUT2D eigenvalue weighted by molar-refractivity contribution is 0.439. The quantitative estimate of drug-likeness (QED) is 0.778. The van der Waals surface area contributed by atoms with E-state index in [1.54, 1.807) is 0 Å². The van der Waals surface area contributed by atoms with Gasteiger partial charge in [0.1, 0.15) is 11.5 Å². The van der Waals surface area contributed by atoms with Gasteiger partial charge in [-0.05, 0) is 36.6 Å². The van der Waals surface area contributed by atoms with Crippen molar-refractivity contribution in [3.05, 3.63) is 53.6 Å². The number of rotatable bonds is 2. The smallest absolute Gasteiger partial charge is 0.230 e. The molecule has 3 rings (SSSR count). The Labute approximate surface area is 121 Å². The molecule has 2 N–H and O–H groups in total. The van der Waals surface area contributed by atoms with Crippen LogP contribution in [0.3, 0.4) is 0 Å². The number of nitrogens with zero attached hydrogens (tertiary/aromatic N) is 2. The summed E-state index contributed by atoms with van der Waals surface area (Å²) in [5.74, 6) is -0.224. The Bertz CT molecular complexity index is 811. The van der Waals surface area contributed by atoms with E-state index in [1.807, 2.05) is 32.0 Å². The van der Waals surface area contributed by atoms with Crippen molar-refractivity contribution in [2.24, 2.45) is 0 Å². The van der Waals surface area contributed by atoms with E-state index in [-0.39, 0.29) is 5.88 Å². The number of aromatic nitrogens is 2. The Balaban J connectivity index is 2.19. The van der Waals surface area contributed by atoms with Crippen LogP contribution in [-0.4, -0.2) is 10.1 Å². The third-order valence-corrected chi connectivity index (χ3v) is 3.49. The highest BCUT2D eigenvalue weighted by Gasteiger charge is 2.18. The first kappa shape index (κ1) is 13.3. The van der Waals surface area contributed by atoms with Crippen molar-refractivity contribution < 1.29 is 8.91 Å². The Morgan fingerprint density at radius 3 is 2.57 bits per heavy atom. The number of hydrogen-bond donors (Lipinski definition) is 1. The van der Waals surface area contributed by atoms with E-state index in [2.05, 4.69) is 10.1 Å². The molecule has 3 aromatic rings. The standard InChI is InChI=1S/C16H14FN3O/c1-9-3-4-11(5-10(9)2)14-15(20-21-16(14)18)12-6-13(17)8-19-7-12/h3-8H,18H2,1-2H3. The summed E-state index contributed by atoms with van der Waals surface area (Å²) in [5.41, 5.74) is 10.8. The lowest BCUT2D eigenvalue weighted by Gasteiger charge is -2.06. The second-order valence-electron chi connectivity index (χ2n) is 4.96. The number of benzene rings is 1. The van der Waals surface area contributed by atoms with E-state index in [9.17, 15) is 4.39 Å². The van der Waals surface area contributed by atoms with E-state index in [1.165, 1.54) is 17.8 Å². The highest BCUT2D eigenvalue weighted by molar-refractivity contribution is 5.86. The van der Waals surface area contributed by atoms with Gasteiger partial charge in [0.15, 0.2) is 0 Å². The molecule has 0 aliphatic heterocycles. The first-order valence-corrected chi connectivity index (χ1v) is 6.50. The number of anilines is 1. The largest absolute Gasteiger partial charge is 0.367 e. The van der Waals surface area contributed by atoms with Crippen LogP contribution in [0.2, 0.25) is 0 Å². The fourth-order valence-corrected chi connectivity index (χ4v) is 2.22. The molecular formula is C16H14FN3O. The molecule has 0 aliphatic rings. The SMILES string of the molecule is Cc1ccc(-c2c(-c3cncc(F)c3)noc2N)cc1C. The Hall–Kier alpha value is -2.69. The third-order valence-electron chi connectivity index (χ3n) is 3.49. The maximum Gasteiger partial charge on any atom is 0.230 e. The summed E-state index contributed by atoms with van der Waals surface area (Å²) in [6.07, 6.45) is 2.67. The fraction of sp³-hybridized carbons (Fsp3) is 0.125. The van der Waals surface area contributed by atoms with Gasteiger partial charge in [-0.2, -0.15) is 0 Å². The topological polar surface area (TPSA) is 64.9 Å². The Morgan fingerprint density at radius 2 is 1.86 bits per heavy atom. The monoisotopic (exact) mass is 283 g/mol. The average molecular weight is 283 g/mol. The molecule has 0 fully saturated rings. The second kappa shape index (κ2) is 5.01. The number of pyridine rings is 1. The second-order valence-corrected chi connectivity index (χ2v) is 4.96. The van der Waals surface area contributed by atoms with Crippen LogP contribution in [0.1, 0.15) is 11.1 Å². The first-order valence-electron chi connectivity index (χ1n) is 6.50. The van der Waals surface area contributed by atoms with Gasteiger partial charge in [-0.1, -0.05) is 23.4 Å². The zero-order valence-electron chi connectivity index (χ0n) is 11.7. The molecule has 5 heteroatoms. The highest BCUT2D eigenvalue weighted by Crippen LogP contribution is 2.36. The van der Waals surface area contributed by atoms with Crippen molar-refractivity contribution in [1.82, 2.24) is 10.1 Å². The van der Waals surface area contributed by atoms with Gasteiger partial charge in [0.05, 0.1) is 11.8 Å². The lowest BCUT2D eigenvalue weighted by Crippen LogP contribution is -1.90. The fourth-order valence-electron chi connectivity index (χ4n) is 2.22. The molecule has 4 nitrogen and oxygen atoms in total. The summed E-state index contributed by atoms with van der Waals surface area (Å²) < 4.78 is 18.5. The number of halogens is 1. The van der Waals surface area contributed by atoms with Crippen LogP contribution in [0.5, 0.6) is 0 Å². The maximum atomic E-state index is 13.4. The van der Waals surface area contributed by atoms with Crippen molar-refractivity contribution >= 4 is 5.88 Å². The van der Waals surface area contributed by atoms with Crippen LogP contribution in [-0.2, 0) is 0 Å². The molecule has 0 saturated carbocycles. The van der Waals surface area contributed by atoms with E-state index >= 15 is 0 Å². The van der Waals surface area contributed by atoms with Gasteiger partial charge in [0.2, 0.25) is 5.88 Å². The molecule has 2 aromatic heterocycles. The van der Waals surface area contributed by atoms with Crippen LogP contribution in [0.4, 0.5) is 10.3 Å². The molecule has 0 unspecified atom stereocenters. The van der Waals surface area contributed by atoms with E-state index in [4.69, 9.17) is 10.3 Å². The zero-order valence-corrected chi connectivity index (χ0v) is 11.7. The molecule has 0 amide bonds. The van der Waals surface area contributed by atoms with Gasteiger partial charge in [-0.3, -0.25) is 4.98 Å². The van der Waals surface area contributed by atoms with Gasteiger partial charge in [0, 0.05) is 11.8 Å². The number of aryl methyl sites for hydroxylation is 2. The van der Waals surface area contributed by atoms with Crippen LogP contribution in [0, 0.1) is 19.7 Å². The van der Waals surface area contributed by atoms with E-state index in [0.717, 1.165) is 17.3 Å². The molecule has 1 aromatic carbocycles. The molecule has 21 heavy (non-hydrogen) atoms. The summed E-state index contributed by atoms with van der Waals surface area (Å²) in [6.45, 7) is 4.06. The van der Waals surface area contributed by atoms with E-state index in [0.29, 0.717) is 16.8 Å². The lowest BCUT2D eigenvalue weighted by atomic mass is 9.98. The minimum absolute atomic E-state index is 0.206. The summed E-state index contributed by atoms with van der Waals surface area (Å²) in [6, 6.07) is 7.31. The molecule has 2 heterocycles. The molecule has 0 saturated heterocycles. The predicted octanol–water partition coefficient (Wildman–Crippen LogP) is 3.74. The Kier molecular flexibility index (Phi) is 3.17. The Morgan fingerprint density at radius 1 is 1.05 bits per heavy atom. The van der Waals surface area contributed by atoms with Gasteiger partial charge in [-0.15, -0.1) is 0 Å². The summed E-state index contributed by atoms with van der Waals surface area (Å²) in [7, 11) is 0. The summed E-state index contributed by atoms with van der Waals surface area (Å²) >= 11 is 0. The van der Waals surface area contributed by atoms with Crippen LogP contribution in [0.15, 0.2) is 41.2 Å². The number of hydrogen-bond acceptors (Lipinski definition) is 4. The molecule has 0 radical (unpaired) electrons. The minimum Gasteiger partial charge on any atom is -0.367 e. The normalized spacial score (nSPS) is 10.8. The molecule has 0 bridgehead atoms. The van der Waals surface area contributed by atoms with Crippen molar-refractivity contribution in [3.8, 4) is 22.4 Å².